The quantitative estimate of drug-likeness (QED) is 0.694. The number of amides is 1. The largest absolute Gasteiger partial charge is 0.364 e. The van der Waals surface area contributed by atoms with Gasteiger partial charge in [0.25, 0.3) is 5.91 Å². The van der Waals surface area contributed by atoms with Crippen LogP contribution in [-0.2, 0) is 5.41 Å². The molecule has 3 rings (SSSR count). The molecule has 8 heteroatoms. The fraction of sp³-hybridized carbons (Fsp3) is 0.222. The van der Waals surface area contributed by atoms with Gasteiger partial charge in [0, 0.05) is 35.3 Å². The molecule has 0 unspecified atom stereocenters. The summed E-state index contributed by atoms with van der Waals surface area (Å²) in [6.07, 6.45) is 1.52. The lowest BCUT2D eigenvalue weighted by Gasteiger charge is -2.25. The van der Waals surface area contributed by atoms with Crippen LogP contribution in [0.5, 0.6) is 0 Å². The molecule has 2 aromatic heterocycles. The fourth-order valence-corrected chi connectivity index (χ4v) is 2.97. The number of primary amides is 1. The Labute approximate surface area is 154 Å². The summed E-state index contributed by atoms with van der Waals surface area (Å²) >= 11 is 1.24. The summed E-state index contributed by atoms with van der Waals surface area (Å²) in [5.74, 6) is -0.295. The van der Waals surface area contributed by atoms with Crippen molar-refractivity contribution >= 4 is 22.6 Å². The highest BCUT2D eigenvalue weighted by Gasteiger charge is 2.21. The van der Waals surface area contributed by atoms with Crippen molar-refractivity contribution in [3.63, 3.8) is 0 Å². The van der Waals surface area contributed by atoms with Crippen LogP contribution in [0.15, 0.2) is 42.6 Å². The molecule has 6 nitrogen and oxygen atoms in total. The maximum atomic E-state index is 13.1. The first-order valence-electron chi connectivity index (χ1n) is 7.95. The van der Waals surface area contributed by atoms with Gasteiger partial charge in [-0.05, 0) is 29.8 Å². The van der Waals surface area contributed by atoms with E-state index < -0.39 is 5.91 Å². The minimum absolute atomic E-state index is 0.198. The minimum Gasteiger partial charge on any atom is -0.364 e. The molecule has 0 aliphatic carbocycles. The van der Waals surface area contributed by atoms with Crippen molar-refractivity contribution in [3.8, 4) is 11.4 Å². The lowest BCUT2D eigenvalue weighted by molar-refractivity contribution is 0.0995. The van der Waals surface area contributed by atoms with Crippen LogP contribution in [0.4, 0.5) is 9.52 Å². The van der Waals surface area contributed by atoms with E-state index in [1.165, 1.54) is 29.9 Å². The van der Waals surface area contributed by atoms with Gasteiger partial charge in [-0.25, -0.2) is 4.39 Å². The molecule has 0 bridgehead atoms. The van der Waals surface area contributed by atoms with Crippen LogP contribution in [0.25, 0.3) is 11.4 Å². The van der Waals surface area contributed by atoms with E-state index in [2.05, 4.69) is 33.5 Å². The Morgan fingerprint density at radius 1 is 1.23 bits per heavy atom. The van der Waals surface area contributed by atoms with Gasteiger partial charge in [-0.15, -0.1) is 0 Å². The van der Waals surface area contributed by atoms with Crippen molar-refractivity contribution in [3.05, 3.63) is 59.7 Å². The molecule has 0 radical (unpaired) electrons. The topological polar surface area (TPSA) is 93.8 Å². The monoisotopic (exact) mass is 371 g/mol. The second kappa shape index (κ2) is 7.17. The molecular formula is C18H18FN5OS. The highest BCUT2D eigenvalue weighted by molar-refractivity contribution is 7.09. The summed E-state index contributed by atoms with van der Waals surface area (Å²) < 4.78 is 17.4. The van der Waals surface area contributed by atoms with Gasteiger partial charge in [0.2, 0.25) is 5.13 Å². The molecule has 26 heavy (non-hydrogen) atoms. The predicted molar refractivity (Wildman–Crippen MR) is 99.6 cm³/mol. The minimum atomic E-state index is -0.576. The van der Waals surface area contributed by atoms with Crippen molar-refractivity contribution in [1.29, 1.82) is 0 Å². The van der Waals surface area contributed by atoms with Gasteiger partial charge in [-0.3, -0.25) is 9.78 Å². The molecule has 134 valence electrons. The van der Waals surface area contributed by atoms with Gasteiger partial charge in [0.15, 0.2) is 5.82 Å². The predicted octanol–water partition coefficient (Wildman–Crippen LogP) is 3.23. The molecule has 0 atom stereocenters. The van der Waals surface area contributed by atoms with Crippen molar-refractivity contribution < 1.29 is 9.18 Å². The molecule has 0 aliphatic rings. The molecule has 1 aromatic carbocycles. The van der Waals surface area contributed by atoms with Gasteiger partial charge in [-0.2, -0.15) is 9.36 Å². The van der Waals surface area contributed by atoms with Crippen molar-refractivity contribution in [2.24, 2.45) is 5.73 Å². The number of nitrogens with zero attached hydrogens (tertiary/aromatic N) is 3. The van der Waals surface area contributed by atoms with Gasteiger partial charge in [-0.1, -0.05) is 26.0 Å². The summed E-state index contributed by atoms with van der Waals surface area (Å²) in [7, 11) is 0. The number of rotatable bonds is 6. The maximum absolute atomic E-state index is 13.1. The number of aromatic nitrogens is 3. The molecule has 0 aliphatic heterocycles. The third kappa shape index (κ3) is 4.02. The summed E-state index contributed by atoms with van der Waals surface area (Å²) in [5.41, 5.74) is 6.91. The number of halogens is 1. The third-order valence-corrected chi connectivity index (χ3v) is 4.68. The highest BCUT2D eigenvalue weighted by atomic mass is 32.1. The second-order valence-electron chi connectivity index (χ2n) is 6.46. The summed E-state index contributed by atoms with van der Waals surface area (Å²) in [5, 5.41) is 3.95. The number of hydrogen-bond donors (Lipinski definition) is 2. The Hall–Kier alpha value is -2.87. The van der Waals surface area contributed by atoms with E-state index in [1.807, 2.05) is 0 Å². The number of nitrogens with one attached hydrogen (secondary N) is 1. The average Bonchev–Trinajstić information content (AvgIpc) is 3.10. The standard InChI is InChI=1S/C18H18FN5OS/c1-18(2,12-4-6-13(19)7-5-12)10-22-17-23-16(24-26-17)11-3-8-14(15(20)25)21-9-11/h3-9H,10H2,1-2H3,(H2,20,25)(H,22,23,24). The third-order valence-electron chi connectivity index (χ3n) is 4.01. The van der Waals surface area contributed by atoms with Gasteiger partial charge < -0.3 is 11.1 Å². The molecule has 3 N–H and O–H groups in total. The average molecular weight is 371 g/mol. The van der Waals surface area contributed by atoms with Crippen LogP contribution in [0, 0.1) is 5.82 Å². The number of pyridine rings is 1. The van der Waals surface area contributed by atoms with E-state index in [1.54, 1.807) is 24.3 Å². The normalized spacial score (nSPS) is 11.3. The summed E-state index contributed by atoms with van der Waals surface area (Å²) in [4.78, 5) is 19.5. The van der Waals surface area contributed by atoms with E-state index in [9.17, 15) is 9.18 Å². The Kier molecular flexibility index (Phi) is 4.94. The van der Waals surface area contributed by atoms with E-state index in [4.69, 9.17) is 5.73 Å². The summed E-state index contributed by atoms with van der Waals surface area (Å²) in [6.45, 7) is 4.76. The Morgan fingerprint density at radius 2 is 1.96 bits per heavy atom. The first kappa shape index (κ1) is 17.9. The fourth-order valence-electron chi connectivity index (χ4n) is 2.38. The number of benzene rings is 1. The molecule has 0 saturated heterocycles. The van der Waals surface area contributed by atoms with Gasteiger partial charge >= 0.3 is 0 Å². The van der Waals surface area contributed by atoms with Crippen LogP contribution in [-0.4, -0.2) is 26.8 Å². The van der Waals surface area contributed by atoms with Crippen LogP contribution in [0.1, 0.15) is 29.9 Å². The van der Waals surface area contributed by atoms with Gasteiger partial charge in [0.1, 0.15) is 11.5 Å². The second-order valence-corrected chi connectivity index (χ2v) is 7.22. The lowest BCUT2D eigenvalue weighted by atomic mass is 9.85. The molecule has 1 amide bonds. The number of nitrogens with two attached hydrogens (primary N) is 1. The van der Waals surface area contributed by atoms with E-state index >= 15 is 0 Å². The van der Waals surface area contributed by atoms with Crippen LogP contribution >= 0.6 is 11.5 Å². The van der Waals surface area contributed by atoms with E-state index in [0.29, 0.717) is 23.1 Å². The van der Waals surface area contributed by atoms with E-state index in [0.717, 1.165) is 5.56 Å². The highest BCUT2D eigenvalue weighted by Crippen LogP contribution is 2.26. The molecule has 0 spiro atoms. The van der Waals surface area contributed by atoms with Crippen LogP contribution < -0.4 is 11.1 Å². The molecule has 3 aromatic rings. The van der Waals surface area contributed by atoms with Crippen LogP contribution in [0.2, 0.25) is 0 Å². The zero-order valence-corrected chi connectivity index (χ0v) is 15.2. The smallest absolute Gasteiger partial charge is 0.267 e. The number of anilines is 1. The lowest BCUT2D eigenvalue weighted by Crippen LogP contribution is -2.27. The number of hydrogen-bond acceptors (Lipinski definition) is 6. The van der Waals surface area contributed by atoms with Crippen LogP contribution in [0.3, 0.4) is 0 Å². The SMILES string of the molecule is CC(C)(CNc1nc(-c2ccc(C(N)=O)nc2)ns1)c1ccc(F)cc1. The Morgan fingerprint density at radius 3 is 2.58 bits per heavy atom. The first-order valence-corrected chi connectivity index (χ1v) is 8.72. The first-order chi connectivity index (χ1) is 12.3. The van der Waals surface area contributed by atoms with Crippen molar-refractivity contribution in [1.82, 2.24) is 14.3 Å². The molecule has 0 fully saturated rings. The number of carbonyl (C=O) groups is 1. The molecule has 2 heterocycles. The zero-order valence-electron chi connectivity index (χ0n) is 14.4. The maximum Gasteiger partial charge on any atom is 0.267 e. The Balaban J connectivity index is 1.68. The van der Waals surface area contributed by atoms with Crippen molar-refractivity contribution in [2.75, 3.05) is 11.9 Å². The Bertz CT molecular complexity index is 906. The molecular weight excluding hydrogens is 353 g/mol. The van der Waals surface area contributed by atoms with Gasteiger partial charge in [0.05, 0.1) is 0 Å². The number of carbonyl (C=O) groups excluding carboxylic acids is 1. The summed E-state index contributed by atoms with van der Waals surface area (Å²) in [6, 6.07) is 9.75. The zero-order chi connectivity index (χ0) is 18.7. The molecule has 0 saturated carbocycles. The van der Waals surface area contributed by atoms with E-state index in [-0.39, 0.29) is 16.9 Å². The van der Waals surface area contributed by atoms with Crippen molar-refractivity contribution in [2.45, 2.75) is 19.3 Å².